The zero-order valence-electron chi connectivity index (χ0n) is 18.9. The smallest absolute Gasteiger partial charge is 0.244 e. The van der Waals surface area contributed by atoms with Crippen molar-refractivity contribution in [2.45, 2.75) is 49.7 Å². The first-order chi connectivity index (χ1) is 16.2. The number of amides is 2. The predicted octanol–water partition coefficient (Wildman–Crippen LogP) is 1.63. The van der Waals surface area contributed by atoms with Gasteiger partial charge in [-0.1, -0.05) is 11.6 Å². The Morgan fingerprint density at radius 2 is 2.15 bits per heavy atom. The third-order valence-electron chi connectivity index (χ3n) is 6.23. The zero-order valence-corrected chi connectivity index (χ0v) is 20.5. The lowest BCUT2D eigenvalue weighted by Gasteiger charge is -2.40. The summed E-state index contributed by atoms with van der Waals surface area (Å²) in [6.45, 7) is 2.21. The van der Waals surface area contributed by atoms with Crippen LogP contribution in [0.2, 0.25) is 5.02 Å². The van der Waals surface area contributed by atoms with Crippen LogP contribution in [0.5, 0.6) is 0 Å². The summed E-state index contributed by atoms with van der Waals surface area (Å²) in [5.74, 6) is -0.814. The molecule has 2 amide bonds. The van der Waals surface area contributed by atoms with Crippen LogP contribution in [0.25, 0.3) is 0 Å². The fraction of sp³-hybridized carbons (Fsp3) is 0.524. The molecule has 0 saturated carbocycles. The molecule has 2 aliphatic heterocycles. The van der Waals surface area contributed by atoms with Crippen molar-refractivity contribution in [1.29, 1.82) is 0 Å². The summed E-state index contributed by atoms with van der Waals surface area (Å²) in [5.41, 5.74) is 0.909. The highest BCUT2D eigenvalue weighted by Gasteiger charge is 2.50. The number of hydrogen-bond acceptors (Lipinski definition) is 7. The first-order valence-electron chi connectivity index (χ1n) is 11.0. The second-order valence-corrected chi connectivity index (χ2v) is 10.8. The number of anilines is 1. The summed E-state index contributed by atoms with van der Waals surface area (Å²) >= 11 is 6.27. The molecule has 4 rings (SSSR count). The van der Waals surface area contributed by atoms with Crippen molar-refractivity contribution in [2.24, 2.45) is 5.92 Å². The maximum absolute atomic E-state index is 13.9. The van der Waals surface area contributed by atoms with Crippen LogP contribution in [0.1, 0.15) is 31.9 Å². The molecule has 2 fully saturated rings. The van der Waals surface area contributed by atoms with Crippen molar-refractivity contribution < 1.29 is 22.7 Å². The lowest BCUT2D eigenvalue weighted by Crippen LogP contribution is -2.55. The van der Waals surface area contributed by atoms with Crippen molar-refractivity contribution >= 4 is 39.1 Å². The first kappa shape index (κ1) is 24.6. The standard InChI is InChI=1S/C21H27ClN6O5S/c1-13(29)24-18-7-6-16(8-17(18)22)34(31,32)28-19-4-3-5-20(28)21(30)27(10-14(19)12-33-2)11-15-9-23-26-25-15/h6-9,14,19-20H,3-5,10-12H2,1-2H3,(H,24,29)(H,23,25,26)/t14-,19+,20?/m1/s1. The molecule has 1 aromatic carbocycles. The van der Waals surface area contributed by atoms with Gasteiger partial charge < -0.3 is 15.0 Å². The number of ether oxygens (including phenoxy) is 1. The lowest BCUT2D eigenvalue weighted by atomic mass is 9.91. The second kappa shape index (κ2) is 9.98. The number of hydrogen-bond donors (Lipinski definition) is 2. The molecule has 1 aromatic heterocycles. The Kier molecular flexibility index (Phi) is 7.22. The molecule has 0 aliphatic carbocycles. The largest absolute Gasteiger partial charge is 0.384 e. The van der Waals surface area contributed by atoms with Crippen LogP contribution >= 0.6 is 11.6 Å². The van der Waals surface area contributed by atoms with E-state index in [0.29, 0.717) is 37.4 Å². The minimum absolute atomic E-state index is 0.0302. The number of fused-ring (bicyclic) bond motifs is 2. The fourth-order valence-electron chi connectivity index (χ4n) is 4.82. The van der Waals surface area contributed by atoms with Crippen molar-refractivity contribution in [3.63, 3.8) is 0 Å². The number of methoxy groups -OCH3 is 1. The van der Waals surface area contributed by atoms with Gasteiger partial charge in [-0.05, 0) is 37.5 Å². The van der Waals surface area contributed by atoms with Crippen LogP contribution in [-0.4, -0.2) is 77.2 Å². The van der Waals surface area contributed by atoms with Gasteiger partial charge in [-0.15, -0.1) is 0 Å². The van der Waals surface area contributed by atoms with Gasteiger partial charge in [0.2, 0.25) is 21.8 Å². The van der Waals surface area contributed by atoms with Gasteiger partial charge in [0, 0.05) is 32.5 Å². The molecular formula is C21H27ClN6O5S. The highest BCUT2D eigenvalue weighted by molar-refractivity contribution is 7.89. The third-order valence-corrected chi connectivity index (χ3v) is 8.48. The molecule has 0 spiro atoms. The topological polar surface area (TPSA) is 138 Å². The van der Waals surface area contributed by atoms with Gasteiger partial charge in [-0.2, -0.15) is 19.7 Å². The lowest BCUT2D eigenvalue weighted by molar-refractivity contribution is -0.135. The molecule has 3 heterocycles. The van der Waals surface area contributed by atoms with Crippen molar-refractivity contribution in [3.8, 4) is 0 Å². The van der Waals surface area contributed by atoms with Crippen LogP contribution in [-0.2, 0) is 30.9 Å². The van der Waals surface area contributed by atoms with Crippen molar-refractivity contribution in [2.75, 3.05) is 25.6 Å². The predicted molar refractivity (Wildman–Crippen MR) is 123 cm³/mol. The van der Waals surface area contributed by atoms with Crippen LogP contribution in [0.15, 0.2) is 29.3 Å². The number of benzene rings is 1. The summed E-state index contributed by atoms with van der Waals surface area (Å²) < 4.78 is 34.6. The molecule has 2 aliphatic rings. The highest BCUT2D eigenvalue weighted by atomic mass is 35.5. The van der Waals surface area contributed by atoms with E-state index in [9.17, 15) is 18.0 Å². The van der Waals surface area contributed by atoms with Crippen LogP contribution in [0.3, 0.4) is 0 Å². The molecule has 2 saturated heterocycles. The Hall–Kier alpha value is -2.54. The second-order valence-electron chi connectivity index (χ2n) is 8.57. The van der Waals surface area contributed by atoms with Gasteiger partial charge in [-0.3, -0.25) is 9.59 Å². The number of nitrogens with zero attached hydrogens (tertiary/aromatic N) is 4. The summed E-state index contributed by atoms with van der Waals surface area (Å²) in [7, 11) is -2.52. The maximum atomic E-state index is 13.9. The molecular weight excluding hydrogens is 484 g/mol. The molecule has 1 unspecified atom stereocenters. The molecule has 13 heteroatoms. The fourth-order valence-corrected chi connectivity index (χ4v) is 7.03. The van der Waals surface area contributed by atoms with Gasteiger partial charge in [0.25, 0.3) is 0 Å². The van der Waals surface area contributed by atoms with Gasteiger partial charge in [-0.25, -0.2) is 8.42 Å². The molecule has 184 valence electrons. The van der Waals surface area contributed by atoms with Gasteiger partial charge in [0.05, 0.1) is 35.0 Å². The van der Waals surface area contributed by atoms with E-state index in [2.05, 4.69) is 20.7 Å². The number of carbonyl (C=O) groups is 2. The molecule has 0 radical (unpaired) electrons. The quantitative estimate of drug-likeness (QED) is 0.577. The summed E-state index contributed by atoms with van der Waals surface area (Å²) in [6, 6.07) is 2.91. The highest BCUT2D eigenvalue weighted by Crippen LogP contribution is 2.38. The Morgan fingerprint density at radius 1 is 1.35 bits per heavy atom. The third kappa shape index (κ3) is 4.81. The van der Waals surface area contributed by atoms with E-state index in [-0.39, 0.29) is 34.2 Å². The Balaban J connectivity index is 1.73. The number of carbonyl (C=O) groups excluding carboxylic acids is 2. The van der Waals surface area contributed by atoms with Crippen molar-refractivity contribution in [1.82, 2.24) is 24.6 Å². The van der Waals surface area contributed by atoms with E-state index >= 15 is 0 Å². The number of piperidine rings is 1. The Bertz CT molecular complexity index is 1160. The average Bonchev–Trinajstić information content (AvgIpc) is 3.29. The van der Waals surface area contributed by atoms with E-state index in [4.69, 9.17) is 16.3 Å². The average molecular weight is 511 g/mol. The SMILES string of the molecule is COC[C@H]1CN(Cc2cn[nH]n2)C(=O)C2CCC[C@@H]1N2S(=O)(=O)c1ccc(NC(C)=O)c(Cl)c1. The summed E-state index contributed by atoms with van der Waals surface area (Å²) in [5, 5.41) is 13.1. The summed E-state index contributed by atoms with van der Waals surface area (Å²) in [4.78, 5) is 26.6. The normalized spacial score (nSPS) is 23.6. The number of aromatic nitrogens is 3. The molecule has 3 atom stereocenters. The molecule has 11 nitrogen and oxygen atoms in total. The number of rotatable bonds is 7. The van der Waals surface area contributed by atoms with Gasteiger partial charge in [0.1, 0.15) is 11.7 Å². The maximum Gasteiger partial charge on any atom is 0.244 e. The van der Waals surface area contributed by atoms with E-state index in [0.717, 1.165) is 6.42 Å². The minimum atomic E-state index is -4.08. The van der Waals surface area contributed by atoms with Crippen LogP contribution in [0, 0.1) is 5.92 Å². The molecule has 2 bridgehead atoms. The summed E-state index contributed by atoms with van der Waals surface area (Å²) in [6.07, 6.45) is 3.31. The van der Waals surface area contributed by atoms with E-state index in [1.807, 2.05) is 0 Å². The van der Waals surface area contributed by atoms with Crippen LogP contribution < -0.4 is 5.32 Å². The minimum Gasteiger partial charge on any atom is -0.384 e. The molecule has 2 aromatic rings. The molecule has 34 heavy (non-hydrogen) atoms. The number of halogens is 1. The Morgan fingerprint density at radius 3 is 2.79 bits per heavy atom. The first-order valence-corrected chi connectivity index (χ1v) is 12.8. The van der Waals surface area contributed by atoms with E-state index in [1.54, 1.807) is 18.2 Å². The zero-order chi connectivity index (χ0) is 24.5. The van der Waals surface area contributed by atoms with Crippen molar-refractivity contribution in [3.05, 3.63) is 35.1 Å². The van der Waals surface area contributed by atoms with E-state index in [1.165, 1.54) is 29.4 Å². The van der Waals surface area contributed by atoms with Gasteiger partial charge in [0.15, 0.2) is 0 Å². The molecule has 2 N–H and O–H groups in total. The van der Waals surface area contributed by atoms with Gasteiger partial charge >= 0.3 is 0 Å². The van der Waals surface area contributed by atoms with Crippen LogP contribution in [0.4, 0.5) is 5.69 Å². The number of sulfonamides is 1. The van der Waals surface area contributed by atoms with E-state index < -0.39 is 22.1 Å². The number of H-pyrrole nitrogens is 1. The monoisotopic (exact) mass is 510 g/mol. The number of nitrogens with one attached hydrogen (secondary N) is 2. The number of aromatic amines is 1. The Labute approximate surface area is 202 Å².